The van der Waals surface area contributed by atoms with Crippen LogP contribution in [-0.4, -0.2) is 23.7 Å². The van der Waals surface area contributed by atoms with Gasteiger partial charge in [-0.05, 0) is 30.3 Å². The summed E-state index contributed by atoms with van der Waals surface area (Å²) in [5, 5.41) is 8.10. The fourth-order valence-electron chi connectivity index (χ4n) is 2.16. The first-order valence-corrected chi connectivity index (χ1v) is 7.89. The van der Waals surface area contributed by atoms with E-state index < -0.39 is 0 Å². The maximum Gasteiger partial charge on any atom is 0.259 e. The van der Waals surface area contributed by atoms with Crippen LogP contribution in [0.5, 0.6) is 0 Å². The van der Waals surface area contributed by atoms with Crippen LogP contribution in [-0.2, 0) is 4.79 Å². The van der Waals surface area contributed by atoms with Crippen molar-refractivity contribution in [2.45, 2.75) is 0 Å². The summed E-state index contributed by atoms with van der Waals surface area (Å²) in [5.41, 5.74) is 5.36. The number of rotatable bonds is 5. The van der Waals surface area contributed by atoms with Crippen LogP contribution >= 0.6 is 15.9 Å². The molecule has 0 saturated carbocycles. The Bertz CT molecular complexity index is 839. The highest BCUT2D eigenvalue weighted by Gasteiger charge is 2.01. The Morgan fingerprint density at radius 1 is 1.17 bits per heavy atom. The molecule has 0 aliphatic rings. The number of hydrogen-bond acceptors (Lipinski definition) is 3. The minimum Gasteiger partial charge on any atom is -0.376 e. The summed E-state index contributed by atoms with van der Waals surface area (Å²) in [6.07, 6.45) is 3.50. The van der Waals surface area contributed by atoms with Gasteiger partial charge in [0, 0.05) is 32.8 Å². The number of nitrogens with zero attached hydrogens (tertiary/aromatic N) is 1. The van der Waals surface area contributed by atoms with Gasteiger partial charge in [-0.1, -0.05) is 34.1 Å². The van der Waals surface area contributed by atoms with E-state index in [9.17, 15) is 4.79 Å². The van der Waals surface area contributed by atoms with Crippen LogP contribution in [0.3, 0.4) is 0 Å². The van der Waals surface area contributed by atoms with E-state index in [1.165, 1.54) is 0 Å². The molecule has 116 valence electrons. The van der Waals surface area contributed by atoms with E-state index in [0.29, 0.717) is 0 Å². The van der Waals surface area contributed by atoms with Crippen LogP contribution in [0.4, 0.5) is 5.69 Å². The molecule has 2 aromatic carbocycles. The predicted molar refractivity (Wildman–Crippen MR) is 96.7 cm³/mol. The van der Waals surface area contributed by atoms with Gasteiger partial charge in [0.05, 0.1) is 12.8 Å². The van der Waals surface area contributed by atoms with Gasteiger partial charge in [0.25, 0.3) is 5.91 Å². The Hall–Kier alpha value is -2.60. The van der Waals surface area contributed by atoms with Gasteiger partial charge in [-0.2, -0.15) is 5.10 Å². The quantitative estimate of drug-likeness (QED) is 0.475. The molecule has 6 heteroatoms. The summed E-state index contributed by atoms with van der Waals surface area (Å²) in [4.78, 5) is 14.9. The molecule has 5 nitrogen and oxygen atoms in total. The lowest BCUT2D eigenvalue weighted by Crippen LogP contribution is -2.25. The second-order valence-electron chi connectivity index (χ2n) is 4.94. The molecular formula is C17H15BrN4O. The molecular weight excluding hydrogens is 356 g/mol. The highest BCUT2D eigenvalue weighted by molar-refractivity contribution is 9.10. The summed E-state index contributed by atoms with van der Waals surface area (Å²) >= 11 is 3.37. The number of carbonyl (C=O) groups is 1. The first kappa shape index (κ1) is 15.3. The standard InChI is InChI=1S/C17H15BrN4O/c18-13-5-7-14(8-6-13)19-11-17(23)22-21-10-12-9-20-16-4-2-1-3-15(12)16/h1-10,19-20H,11H2,(H,22,23)/b21-10-. The van der Waals surface area contributed by atoms with Crippen LogP contribution < -0.4 is 10.7 Å². The fourth-order valence-corrected chi connectivity index (χ4v) is 2.43. The number of anilines is 1. The Morgan fingerprint density at radius 3 is 2.78 bits per heavy atom. The molecule has 0 atom stereocenters. The maximum absolute atomic E-state index is 11.8. The summed E-state index contributed by atoms with van der Waals surface area (Å²) in [5.74, 6) is -0.205. The van der Waals surface area contributed by atoms with Crippen LogP contribution in [0.2, 0.25) is 0 Å². The minimum atomic E-state index is -0.205. The number of hydrogen-bond donors (Lipinski definition) is 3. The van der Waals surface area contributed by atoms with E-state index in [2.05, 4.69) is 36.8 Å². The number of amides is 1. The van der Waals surface area contributed by atoms with Crippen molar-refractivity contribution in [3.63, 3.8) is 0 Å². The molecule has 23 heavy (non-hydrogen) atoms. The average molecular weight is 371 g/mol. The van der Waals surface area contributed by atoms with Gasteiger partial charge < -0.3 is 10.3 Å². The number of hydrazone groups is 1. The first-order valence-electron chi connectivity index (χ1n) is 7.10. The number of aromatic amines is 1. The van der Waals surface area contributed by atoms with Crippen LogP contribution in [0.25, 0.3) is 10.9 Å². The topological polar surface area (TPSA) is 69.3 Å². The van der Waals surface area contributed by atoms with Gasteiger partial charge in [-0.25, -0.2) is 5.43 Å². The second kappa shape index (κ2) is 7.11. The van der Waals surface area contributed by atoms with Gasteiger partial charge in [0.2, 0.25) is 0 Å². The van der Waals surface area contributed by atoms with E-state index in [4.69, 9.17) is 0 Å². The molecule has 3 aromatic rings. The Kier molecular flexibility index (Phi) is 4.73. The molecule has 0 saturated heterocycles. The molecule has 0 aliphatic carbocycles. The number of benzene rings is 2. The third-order valence-electron chi connectivity index (χ3n) is 3.31. The number of H-pyrrole nitrogens is 1. The monoisotopic (exact) mass is 370 g/mol. The zero-order valence-corrected chi connectivity index (χ0v) is 13.8. The van der Waals surface area contributed by atoms with Gasteiger partial charge in [-0.3, -0.25) is 4.79 Å². The summed E-state index contributed by atoms with van der Waals surface area (Å²) in [6, 6.07) is 15.5. The van der Waals surface area contributed by atoms with E-state index in [-0.39, 0.29) is 12.5 Å². The minimum absolute atomic E-state index is 0.160. The van der Waals surface area contributed by atoms with Crippen molar-refractivity contribution in [3.05, 3.63) is 64.8 Å². The van der Waals surface area contributed by atoms with Crippen LogP contribution in [0.15, 0.2) is 64.3 Å². The number of aromatic nitrogens is 1. The predicted octanol–water partition coefficient (Wildman–Crippen LogP) is 3.49. The Labute approximate surface area is 141 Å². The smallest absolute Gasteiger partial charge is 0.259 e. The number of fused-ring (bicyclic) bond motifs is 1. The van der Waals surface area contributed by atoms with Gasteiger partial charge in [0.15, 0.2) is 0 Å². The number of halogens is 1. The fraction of sp³-hybridized carbons (Fsp3) is 0.0588. The molecule has 1 aromatic heterocycles. The van der Waals surface area contributed by atoms with Crippen molar-refractivity contribution < 1.29 is 4.79 Å². The number of carbonyl (C=O) groups excluding carboxylic acids is 1. The molecule has 0 aliphatic heterocycles. The average Bonchev–Trinajstić information content (AvgIpc) is 2.98. The zero-order valence-electron chi connectivity index (χ0n) is 12.2. The molecule has 3 N–H and O–H groups in total. The summed E-state index contributed by atoms with van der Waals surface area (Å²) in [6.45, 7) is 0.160. The van der Waals surface area contributed by atoms with E-state index in [1.807, 2.05) is 54.7 Å². The summed E-state index contributed by atoms with van der Waals surface area (Å²) < 4.78 is 0.996. The third-order valence-corrected chi connectivity index (χ3v) is 3.84. The largest absolute Gasteiger partial charge is 0.376 e. The number of para-hydroxylation sites is 1. The molecule has 1 amide bonds. The molecule has 0 bridgehead atoms. The lowest BCUT2D eigenvalue weighted by molar-refractivity contribution is -0.119. The molecule has 0 spiro atoms. The molecule has 0 fully saturated rings. The van der Waals surface area contributed by atoms with E-state index >= 15 is 0 Å². The van der Waals surface area contributed by atoms with E-state index in [0.717, 1.165) is 26.6 Å². The zero-order chi connectivity index (χ0) is 16.1. The van der Waals surface area contributed by atoms with Gasteiger partial charge in [-0.15, -0.1) is 0 Å². The maximum atomic E-state index is 11.8. The molecule has 0 unspecified atom stereocenters. The van der Waals surface area contributed by atoms with Crippen molar-refractivity contribution in [3.8, 4) is 0 Å². The highest BCUT2D eigenvalue weighted by atomic mass is 79.9. The van der Waals surface area contributed by atoms with E-state index in [1.54, 1.807) is 6.21 Å². The number of nitrogens with one attached hydrogen (secondary N) is 3. The lowest BCUT2D eigenvalue weighted by Gasteiger charge is -2.04. The van der Waals surface area contributed by atoms with Gasteiger partial charge in [0.1, 0.15) is 0 Å². The summed E-state index contributed by atoms with van der Waals surface area (Å²) in [7, 11) is 0. The van der Waals surface area contributed by atoms with Crippen LogP contribution in [0, 0.1) is 0 Å². The molecule has 3 rings (SSSR count). The second-order valence-corrected chi connectivity index (χ2v) is 5.86. The first-order chi connectivity index (χ1) is 11.2. The van der Waals surface area contributed by atoms with Crippen molar-refractivity contribution in [1.82, 2.24) is 10.4 Å². The molecule has 0 radical (unpaired) electrons. The van der Waals surface area contributed by atoms with Crippen molar-refractivity contribution in [1.29, 1.82) is 0 Å². The normalized spacial score (nSPS) is 11.0. The van der Waals surface area contributed by atoms with Crippen molar-refractivity contribution in [2.24, 2.45) is 5.10 Å². The third kappa shape index (κ3) is 3.98. The SMILES string of the molecule is O=C(CNc1ccc(Br)cc1)N/N=C\c1c[nH]c2ccccc12. The van der Waals surface area contributed by atoms with Gasteiger partial charge >= 0.3 is 0 Å². The van der Waals surface area contributed by atoms with Crippen LogP contribution in [0.1, 0.15) is 5.56 Å². The van der Waals surface area contributed by atoms with Crippen molar-refractivity contribution >= 4 is 44.6 Å². The Morgan fingerprint density at radius 2 is 1.96 bits per heavy atom. The Balaban J connectivity index is 1.53. The highest BCUT2D eigenvalue weighted by Crippen LogP contribution is 2.15. The van der Waals surface area contributed by atoms with Crippen molar-refractivity contribution in [2.75, 3.05) is 11.9 Å². The molecule has 1 heterocycles. The lowest BCUT2D eigenvalue weighted by atomic mass is 10.2.